The minimum Gasteiger partial charge on any atom is -0.467 e. The highest BCUT2D eigenvalue weighted by molar-refractivity contribution is 8.00. The molecule has 2 aromatic heterocycles. The van der Waals surface area contributed by atoms with E-state index in [9.17, 15) is 4.79 Å². The normalized spacial score (nSPS) is 15.6. The highest BCUT2D eigenvalue weighted by Gasteiger charge is 2.32. The van der Waals surface area contributed by atoms with Crippen molar-refractivity contribution in [2.75, 3.05) is 16.4 Å². The average Bonchev–Trinajstić information content (AvgIpc) is 3.50. The first-order valence-corrected chi connectivity index (χ1v) is 11.8. The third-order valence-corrected chi connectivity index (χ3v) is 7.08. The molecular weight excluding hydrogens is 430 g/mol. The Morgan fingerprint density at radius 3 is 2.77 bits per heavy atom. The lowest BCUT2D eigenvalue weighted by atomic mass is 10.1. The number of rotatable bonds is 6. The average molecular weight is 450 g/mol. The van der Waals surface area contributed by atoms with Gasteiger partial charge in [0, 0.05) is 10.6 Å². The van der Waals surface area contributed by atoms with Crippen molar-refractivity contribution in [1.29, 1.82) is 0 Å². The molecule has 1 amide bonds. The van der Waals surface area contributed by atoms with Crippen LogP contribution in [0.4, 0.5) is 5.69 Å². The Balaban J connectivity index is 1.37. The monoisotopic (exact) mass is 449 g/mol. The van der Waals surface area contributed by atoms with Gasteiger partial charge >= 0.3 is 0 Å². The number of nitrogens with zero attached hydrogens (tertiary/aromatic N) is 5. The quantitative estimate of drug-likeness (QED) is 0.407. The van der Waals surface area contributed by atoms with Crippen molar-refractivity contribution in [2.24, 2.45) is 0 Å². The first kappa shape index (κ1) is 19.9. The summed E-state index contributed by atoms with van der Waals surface area (Å²) < 4.78 is 7.03. The number of thioether (sulfide) groups is 2. The first-order chi connectivity index (χ1) is 15.3. The Labute approximate surface area is 187 Å². The molecule has 0 spiro atoms. The van der Waals surface area contributed by atoms with Gasteiger partial charge in [0.25, 0.3) is 0 Å². The number of aromatic nitrogens is 4. The van der Waals surface area contributed by atoms with Gasteiger partial charge in [0.2, 0.25) is 11.1 Å². The Bertz CT molecular complexity index is 1160. The van der Waals surface area contributed by atoms with Crippen LogP contribution in [0, 0.1) is 0 Å². The smallest absolute Gasteiger partial charge is 0.238 e. The van der Waals surface area contributed by atoms with Crippen molar-refractivity contribution in [3.63, 3.8) is 0 Å². The molecule has 0 radical (unpaired) electrons. The molecule has 4 aromatic rings. The molecule has 1 atom stereocenters. The van der Waals surface area contributed by atoms with Crippen molar-refractivity contribution >= 4 is 35.1 Å². The summed E-state index contributed by atoms with van der Waals surface area (Å²) in [5, 5.41) is 12.5. The molecule has 0 N–H and O–H groups in total. The van der Waals surface area contributed by atoms with E-state index >= 15 is 0 Å². The number of tetrazole rings is 1. The van der Waals surface area contributed by atoms with E-state index in [4.69, 9.17) is 4.42 Å². The van der Waals surface area contributed by atoms with Crippen molar-refractivity contribution in [1.82, 2.24) is 20.2 Å². The van der Waals surface area contributed by atoms with E-state index in [0.29, 0.717) is 11.7 Å². The molecule has 0 fully saturated rings. The summed E-state index contributed by atoms with van der Waals surface area (Å²) in [4.78, 5) is 16.5. The third-order valence-electron chi connectivity index (χ3n) is 5.00. The molecular formula is C22H19N5O2S2. The summed E-state index contributed by atoms with van der Waals surface area (Å²) in [5.74, 6) is 1.83. The van der Waals surface area contributed by atoms with E-state index in [2.05, 4.69) is 33.7 Å². The van der Waals surface area contributed by atoms with Crippen LogP contribution >= 0.6 is 23.5 Å². The molecule has 156 valence electrons. The van der Waals surface area contributed by atoms with Gasteiger partial charge in [-0.15, -0.1) is 16.9 Å². The topological polar surface area (TPSA) is 77.0 Å². The van der Waals surface area contributed by atoms with Crippen molar-refractivity contribution in [3.8, 4) is 0 Å². The number of anilines is 1. The van der Waals surface area contributed by atoms with Crippen LogP contribution < -0.4 is 4.90 Å². The van der Waals surface area contributed by atoms with E-state index in [-0.39, 0.29) is 17.7 Å². The van der Waals surface area contributed by atoms with E-state index in [1.54, 1.807) is 22.7 Å². The zero-order valence-electron chi connectivity index (χ0n) is 16.5. The predicted octanol–water partition coefficient (Wildman–Crippen LogP) is 4.29. The van der Waals surface area contributed by atoms with Crippen molar-refractivity contribution in [2.45, 2.75) is 22.6 Å². The maximum Gasteiger partial charge on any atom is 0.238 e. The molecule has 0 bridgehead atoms. The van der Waals surface area contributed by atoms with Crippen LogP contribution in [0.15, 0.2) is 87.5 Å². The summed E-state index contributed by atoms with van der Waals surface area (Å²) >= 11 is 3.12. The Kier molecular flexibility index (Phi) is 5.77. The van der Waals surface area contributed by atoms with Crippen LogP contribution in [0.2, 0.25) is 0 Å². The van der Waals surface area contributed by atoms with E-state index < -0.39 is 0 Å². The van der Waals surface area contributed by atoms with Crippen molar-refractivity contribution in [3.05, 3.63) is 84.3 Å². The molecule has 1 unspecified atom stereocenters. The maximum absolute atomic E-state index is 13.5. The molecule has 0 aliphatic carbocycles. The number of amides is 1. The predicted molar refractivity (Wildman–Crippen MR) is 120 cm³/mol. The van der Waals surface area contributed by atoms with Crippen LogP contribution in [0.1, 0.15) is 17.4 Å². The van der Waals surface area contributed by atoms with Gasteiger partial charge in [0.1, 0.15) is 12.3 Å². The van der Waals surface area contributed by atoms with E-state index in [0.717, 1.165) is 27.7 Å². The molecule has 1 aliphatic heterocycles. The molecule has 0 saturated carbocycles. The van der Waals surface area contributed by atoms with Gasteiger partial charge in [-0.1, -0.05) is 54.2 Å². The number of hydrogen-bond acceptors (Lipinski definition) is 7. The second-order valence-corrected chi connectivity index (χ2v) is 8.96. The maximum atomic E-state index is 13.5. The van der Waals surface area contributed by atoms with Crippen molar-refractivity contribution < 1.29 is 9.21 Å². The second kappa shape index (κ2) is 8.99. The Morgan fingerprint density at radius 2 is 1.94 bits per heavy atom. The number of benzene rings is 2. The zero-order chi connectivity index (χ0) is 21.0. The number of hydrogen-bond donors (Lipinski definition) is 0. The third kappa shape index (κ3) is 4.24. The Hall–Kier alpha value is -3.04. The van der Waals surface area contributed by atoms with Gasteiger partial charge in [0.15, 0.2) is 0 Å². The summed E-state index contributed by atoms with van der Waals surface area (Å²) in [7, 11) is 0. The summed E-state index contributed by atoms with van der Waals surface area (Å²) in [6.45, 7) is 0.423. The molecule has 31 heavy (non-hydrogen) atoms. The van der Waals surface area contributed by atoms with Crippen LogP contribution in [0.5, 0.6) is 0 Å². The highest BCUT2D eigenvalue weighted by Crippen LogP contribution is 2.43. The Morgan fingerprint density at radius 1 is 1.10 bits per heavy atom. The number of para-hydroxylation sites is 1. The minimum atomic E-state index is -0.0201. The number of carbonyl (C=O) groups excluding carboxylic acids is 1. The number of fused-ring (bicyclic) bond motifs is 1. The second-order valence-electron chi connectivity index (χ2n) is 6.96. The summed E-state index contributed by atoms with van der Waals surface area (Å²) in [6.07, 6.45) is 1.62. The molecule has 7 nitrogen and oxygen atoms in total. The fourth-order valence-corrected chi connectivity index (χ4v) is 5.47. The van der Waals surface area contributed by atoms with E-state index in [1.807, 2.05) is 53.4 Å². The molecule has 3 heterocycles. The molecule has 9 heteroatoms. The highest BCUT2D eigenvalue weighted by atomic mass is 32.2. The fourth-order valence-electron chi connectivity index (χ4n) is 3.56. The van der Waals surface area contributed by atoms with Gasteiger partial charge in [-0.05, 0) is 40.3 Å². The van der Waals surface area contributed by atoms with E-state index in [1.165, 1.54) is 11.8 Å². The summed E-state index contributed by atoms with van der Waals surface area (Å²) in [5.41, 5.74) is 2.08. The van der Waals surface area contributed by atoms with Crippen LogP contribution in [0.3, 0.4) is 0 Å². The lowest BCUT2D eigenvalue weighted by molar-refractivity contribution is -0.116. The SMILES string of the molecule is O=C(CSc1nnnn1Cc1ccco1)N1c2ccccc2SCC1c1ccccc1. The van der Waals surface area contributed by atoms with Gasteiger partial charge in [-0.2, -0.15) is 0 Å². The summed E-state index contributed by atoms with van der Waals surface area (Å²) in [6, 6.07) is 21.9. The number of furan rings is 1. The fraction of sp³-hybridized carbons (Fsp3) is 0.182. The van der Waals surface area contributed by atoms with Gasteiger partial charge in [-0.3, -0.25) is 4.79 Å². The minimum absolute atomic E-state index is 0.0201. The zero-order valence-corrected chi connectivity index (χ0v) is 18.1. The first-order valence-electron chi connectivity index (χ1n) is 9.80. The molecule has 2 aromatic carbocycles. The van der Waals surface area contributed by atoms with Crippen LogP contribution in [0.25, 0.3) is 0 Å². The van der Waals surface area contributed by atoms with Crippen LogP contribution in [-0.2, 0) is 11.3 Å². The van der Waals surface area contributed by atoms with Gasteiger partial charge in [-0.25, -0.2) is 4.68 Å². The van der Waals surface area contributed by atoms with Gasteiger partial charge < -0.3 is 9.32 Å². The van der Waals surface area contributed by atoms with Gasteiger partial charge in [0.05, 0.1) is 23.7 Å². The largest absolute Gasteiger partial charge is 0.467 e. The molecule has 1 aliphatic rings. The lowest BCUT2D eigenvalue weighted by Gasteiger charge is -2.37. The van der Waals surface area contributed by atoms with Crippen LogP contribution in [-0.4, -0.2) is 37.6 Å². The number of carbonyl (C=O) groups is 1. The molecule has 0 saturated heterocycles. The molecule has 5 rings (SSSR count). The standard InChI is InChI=1S/C22H19N5O2S2/c28-21(15-31-22-23-24-25-26(22)13-17-9-6-12-29-17)27-18-10-4-5-11-20(18)30-14-19(27)16-7-2-1-3-8-16/h1-12,19H,13-15H2. The lowest BCUT2D eigenvalue weighted by Crippen LogP contribution is -2.39.